The van der Waals surface area contributed by atoms with Gasteiger partial charge in [0.25, 0.3) is 0 Å². The molecule has 16 heavy (non-hydrogen) atoms. The number of carbonyl (C=O) groups is 1. The molecule has 3 heteroatoms. The standard InChI is InChI=1S/C13H14O3/c1-10-7-8-11(9-12(10)15-2)5-4-6-13(14)16-3/h7-9H,6H2,1-3H3. The molecule has 3 nitrogen and oxygen atoms in total. The molecule has 0 N–H and O–H groups in total. The van der Waals surface area contributed by atoms with Crippen LogP contribution in [-0.2, 0) is 9.53 Å². The zero-order valence-corrected chi connectivity index (χ0v) is 9.66. The van der Waals surface area contributed by atoms with Crippen LogP contribution in [0.5, 0.6) is 5.75 Å². The fourth-order valence-corrected chi connectivity index (χ4v) is 1.19. The molecule has 0 spiro atoms. The first kappa shape index (κ1) is 12.1. The van der Waals surface area contributed by atoms with E-state index in [2.05, 4.69) is 16.6 Å². The Morgan fingerprint density at radius 1 is 1.38 bits per heavy atom. The highest BCUT2D eigenvalue weighted by Crippen LogP contribution is 2.18. The third-order valence-corrected chi connectivity index (χ3v) is 2.10. The quantitative estimate of drug-likeness (QED) is 0.562. The normalized spacial score (nSPS) is 8.94. The topological polar surface area (TPSA) is 35.5 Å². The smallest absolute Gasteiger partial charge is 0.317 e. The zero-order valence-electron chi connectivity index (χ0n) is 9.66. The summed E-state index contributed by atoms with van der Waals surface area (Å²) in [4.78, 5) is 10.8. The van der Waals surface area contributed by atoms with Crippen LogP contribution in [0.2, 0.25) is 0 Å². The third kappa shape index (κ3) is 3.32. The summed E-state index contributed by atoms with van der Waals surface area (Å²) in [5.74, 6) is 6.09. The highest BCUT2D eigenvalue weighted by Gasteiger charge is 1.98. The first-order chi connectivity index (χ1) is 7.67. The second-order valence-corrected chi connectivity index (χ2v) is 3.24. The molecule has 0 atom stereocenters. The van der Waals surface area contributed by atoms with Gasteiger partial charge >= 0.3 is 5.97 Å². The van der Waals surface area contributed by atoms with Crippen molar-refractivity contribution in [1.82, 2.24) is 0 Å². The van der Waals surface area contributed by atoms with Crippen LogP contribution < -0.4 is 4.74 Å². The Labute approximate surface area is 95.4 Å². The number of rotatable bonds is 2. The van der Waals surface area contributed by atoms with Gasteiger partial charge in [0.15, 0.2) is 0 Å². The van der Waals surface area contributed by atoms with Crippen molar-refractivity contribution in [3.05, 3.63) is 29.3 Å². The summed E-state index contributed by atoms with van der Waals surface area (Å²) >= 11 is 0. The van der Waals surface area contributed by atoms with Crippen molar-refractivity contribution < 1.29 is 14.3 Å². The Kier molecular flexibility index (Phi) is 4.41. The first-order valence-electron chi connectivity index (χ1n) is 4.87. The predicted molar refractivity (Wildman–Crippen MR) is 61.2 cm³/mol. The van der Waals surface area contributed by atoms with Crippen LogP contribution in [0.25, 0.3) is 0 Å². The van der Waals surface area contributed by atoms with E-state index in [9.17, 15) is 4.79 Å². The average Bonchev–Trinajstić information content (AvgIpc) is 2.31. The van der Waals surface area contributed by atoms with E-state index in [1.807, 2.05) is 25.1 Å². The SMILES string of the molecule is COC(=O)CC#Cc1ccc(C)c(OC)c1. The fourth-order valence-electron chi connectivity index (χ4n) is 1.19. The minimum atomic E-state index is -0.327. The molecular formula is C13H14O3. The molecule has 0 bridgehead atoms. The minimum absolute atomic E-state index is 0.104. The molecule has 84 valence electrons. The van der Waals surface area contributed by atoms with Crippen LogP contribution in [0.4, 0.5) is 0 Å². The Hall–Kier alpha value is -1.95. The highest BCUT2D eigenvalue weighted by atomic mass is 16.5. The first-order valence-corrected chi connectivity index (χ1v) is 4.87. The Bertz CT molecular complexity index is 438. The van der Waals surface area contributed by atoms with Gasteiger partial charge in [0.1, 0.15) is 12.2 Å². The van der Waals surface area contributed by atoms with Crippen molar-refractivity contribution in [3.63, 3.8) is 0 Å². The summed E-state index contributed by atoms with van der Waals surface area (Å²) in [5.41, 5.74) is 1.88. The summed E-state index contributed by atoms with van der Waals surface area (Å²) in [6, 6.07) is 5.67. The van der Waals surface area contributed by atoms with Gasteiger partial charge in [-0.1, -0.05) is 17.9 Å². The second-order valence-electron chi connectivity index (χ2n) is 3.24. The van der Waals surface area contributed by atoms with E-state index in [1.54, 1.807) is 7.11 Å². The van der Waals surface area contributed by atoms with Crippen molar-refractivity contribution in [1.29, 1.82) is 0 Å². The molecule has 0 amide bonds. The van der Waals surface area contributed by atoms with Gasteiger partial charge in [0, 0.05) is 5.56 Å². The van der Waals surface area contributed by atoms with Crippen molar-refractivity contribution >= 4 is 5.97 Å². The van der Waals surface area contributed by atoms with Crippen molar-refractivity contribution in [3.8, 4) is 17.6 Å². The Morgan fingerprint density at radius 3 is 2.75 bits per heavy atom. The van der Waals surface area contributed by atoms with Crippen LogP contribution in [-0.4, -0.2) is 20.2 Å². The van der Waals surface area contributed by atoms with Gasteiger partial charge in [0.05, 0.1) is 14.2 Å². The molecular weight excluding hydrogens is 204 g/mol. The van der Waals surface area contributed by atoms with Crippen LogP contribution >= 0.6 is 0 Å². The lowest BCUT2D eigenvalue weighted by Gasteiger charge is -2.03. The lowest BCUT2D eigenvalue weighted by Crippen LogP contribution is -1.97. The molecule has 0 aliphatic heterocycles. The molecule has 1 rings (SSSR count). The Morgan fingerprint density at radius 2 is 2.12 bits per heavy atom. The maximum absolute atomic E-state index is 10.8. The van der Waals surface area contributed by atoms with Gasteiger partial charge < -0.3 is 9.47 Å². The summed E-state index contributed by atoms with van der Waals surface area (Å²) in [5, 5.41) is 0. The molecule has 0 heterocycles. The monoisotopic (exact) mass is 218 g/mol. The number of hydrogen-bond donors (Lipinski definition) is 0. The van der Waals surface area contributed by atoms with Gasteiger partial charge in [0.2, 0.25) is 0 Å². The van der Waals surface area contributed by atoms with E-state index in [1.165, 1.54) is 7.11 Å². The summed E-state index contributed by atoms with van der Waals surface area (Å²) in [6.45, 7) is 1.96. The summed E-state index contributed by atoms with van der Waals surface area (Å²) in [7, 11) is 2.97. The lowest BCUT2D eigenvalue weighted by molar-refractivity contribution is -0.139. The number of ether oxygens (including phenoxy) is 2. The Balaban J connectivity index is 2.78. The van der Waals surface area contributed by atoms with Crippen molar-refractivity contribution in [2.24, 2.45) is 0 Å². The van der Waals surface area contributed by atoms with Gasteiger partial charge in [-0.05, 0) is 24.6 Å². The molecule has 0 saturated carbocycles. The molecule has 0 fully saturated rings. The maximum atomic E-state index is 10.8. The number of methoxy groups -OCH3 is 2. The molecule has 1 aromatic rings. The number of carbonyl (C=O) groups excluding carboxylic acids is 1. The van der Waals surface area contributed by atoms with Gasteiger partial charge in [-0.25, -0.2) is 0 Å². The van der Waals surface area contributed by atoms with E-state index in [0.29, 0.717) is 0 Å². The van der Waals surface area contributed by atoms with E-state index in [0.717, 1.165) is 16.9 Å². The molecule has 0 saturated heterocycles. The number of benzene rings is 1. The predicted octanol–water partition coefficient (Wildman–Crippen LogP) is 1.92. The third-order valence-electron chi connectivity index (χ3n) is 2.10. The van der Waals surface area contributed by atoms with Gasteiger partial charge in [-0.3, -0.25) is 4.79 Å². The molecule has 0 unspecified atom stereocenters. The molecule has 0 aliphatic carbocycles. The number of hydrogen-bond acceptors (Lipinski definition) is 3. The van der Waals surface area contributed by atoms with Crippen molar-refractivity contribution in [2.45, 2.75) is 13.3 Å². The zero-order chi connectivity index (χ0) is 12.0. The van der Waals surface area contributed by atoms with Crippen LogP contribution in [0, 0.1) is 18.8 Å². The van der Waals surface area contributed by atoms with E-state index < -0.39 is 0 Å². The van der Waals surface area contributed by atoms with Crippen molar-refractivity contribution in [2.75, 3.05) is 14.2 Å². The van der Waals surface area contributed by atoms with Gasteiger partial charge in [-0.2, -0.15) is 0 Å². The summed E-state index contributed by atoms with van der Waals surface area (Å²) in [6.07, 6.45) is 0.104. The fraction of sp³-hybridized carbons (Fsp3) is 0.308. The molecule has 0 aromatic heterocycles. The lowest BCUT2D eigenvalue weighted by atomic mass is 10.1. The minimum Gasteiger partial charge on any atom is -0.496 e. The molecule has 0 aliphatic rings. The summed E-state index contributed by atoms with van der Waals surface area (Å²) < 4.78 is 9.66. The molecule has 1 aromatic carbocycles. The maximum Gasteiger partial charge on any atom is 0.317 e. The number of esters is 1. The van der Waals surface area contributed by atoms with Crippen LogP contribution in [0.15, 0.2) is 18.2 Å². The second kappa shape index (κ2) is 5.82. The van der Waals surface area contributed by atoms with Gasteiger partial charge in [-0.15, -0.1) is 0 Å². The highest BCUT2D eigenvalue weighted by molar-refractivity contribution is 5.72. The molecule has 0 radical (unpaired) electrons. The van der Waals surface area contributed by atoms with Crippen LogP contribution in [0.1, 0.15) is 17.5 Å². The average molecular weight is 218 g/mol. The largest absolute Gasteiger partial charge is 0.496 e. The van der Waals surface area contributed by atoms with E-state index in [4.69, 9.17) is 4.74 Å². The van der Waals surface area contributed by atoms with E-state index >= 15 is 0 Å². The van der Waals surface area contributed by atoms with E-state index in [-0.39, 0.29) is 12.4 Å². The van der Waals surface area contributed by atoms with Crippen LogP contribution in [0.3, 0.4) is 0 Å². The number of aryl methyl sites for hydroxylation is 1.